The van der Waals surface area contributed by atoms with E-state index in [0.717, 1.165) is 18.7 Å². The molecule has 2 aromatic rings. The third-order valence-electron chi connectivity index (χ3n) is 4.02. The first-order valence-electron chi connectivity index (χ1n) is 8.38. The standard InChI is InChI=1S/C20H27N3O/c1-16(14-23(2)15-17-9-5-3-6-10-17)22-20(24)19(13-21)18-11-7-4-8-12-18/h3-12,16,19H,13-15,21H2,1-2H3,(H,22,24). The number of benzene rings is 2. The molecule has 2 rings (SSSR count). The SMILES string of the molecule is CC(CN(C)Cc1ccccc1)NC(=O)C(CN)c1ccccc1. The molecule has 24 heavy (non-hydrogen) atoms. The molecule has 0 bridgehead atoms. The molecule has 0 aliphatic heterocycles. The highest BCUT2D eigenvalue weighted by atomic mass is 16.2. The van der Waals surface area contributed by atoms with E-state index in [4.69, 9.17) is 5.73 Å². The zero-order chi connectivity index (χ0) is 17.4. The average molecular weight is 325 g/mol. The molecule has 0 saturated heterocycles. The normalized spacial score (nSPS) is 13.5. The van der Waals surface area contributed by atoms with Crippen LogP contribution in [0.2, 0.25) is 0 Å². The molecular weight excluding hydrogens is 298 g/mol. The Labute approximate surface area is 144 Å². The number of nitrogens with one attached hydrogen (secondary N) is 1. The Morgan fingerprint density at radius 1 is 1.08 bits per heavy atom. The van der Waals surface area contributed by atoms with Crippen molar-refractivity contribution in [2.75, 3.05) is 20.1 Å². The van der Waals surface area contributed by atoms with Crippen molar-refractivity contribution in [2.24, 2.45) is 5.73 Å². The molecule has 0 saturated carbocycles. The van der Waals surface area contributed by atoms with E-state index in [1.165, 1.54) is 5.56 Å². The monoisotopic (exact) mass is 325 g/mol. The van der Waals surface area contributed by atoms with Crippen molar-refractivity contribution in [3.05, 3.63) is 71.8 Å². The number of rotatable bonds is 8. The Morgan fingerprint density at radius 3 is 2.25 bits per heavy atom. The number of carbonyl (C=O) groups excluding carboxylic acids is 1. The van der Waals surface area contributed by atoms with E-state index in [2.05, 4.69) is 29.4 Å². The molecule has 0 aromatic heterocycles. The van der Waals surface area contributed by atoms with Crippen molar-refractivity contribution >= 4 is 5.91 Å². The largest absolute Gasteiger partial charge is 0.352 e. The summed E-state index contributed by atoms with van der Waals surface area (Å²) < 4.78 is 0. The maximum absolute atomic E-state index is 12.5. The lowest BCUT2D eigenvalue weighted by molar-refractivity contribution is -0.123. The molecule has 2 atom stereocenters. The van der Waals surface area contributed by atoms with Gasteiger partial charge in [-0.3, -0.25) is 4.79 Å². The molecule has 1 amide bonds. The van der Waals surface area contributed by atoms with Crippen molar-refractivity contribution in [1.82, 2.24) is 10.2 Å². The highest BCUT2D eigenvalue weighted by Gasteiger charge is 2.20. The zero-order valence-corrected chi connectivity index (χ0v) is 14.5. The highest BCUT2D eigenvalue weighted by Crippen LogP contribution is 2.14. The summed E-state index contributed by atoms with van der Waals surface area (Å²) in [4.78, 5) is 14.7. The predicted octanol–water partition coefficient (Wildman–Crippen LogP) is 2.37. The van der Waals surface area contributed by atoms with Gasteiger partial charge in [-0.05, 0) is 25.1 Å². The molecule has 0 radical (unpaired) electrons. The lowest BCUT2D eigenvalue weighted by Gasteiger charge is -2.24. The maximum atomic E-state index is 12.5. The molecule has 4 heteroatoms. The fourth-order valence-corrected chi connectivity index (χ4v) is 2.90. The molecule has 2 unspecified atom stereocenters. The molecule has 0 aliphatic rings. The molecule has 4 nitrogen and oxygen atoms in total. The second-order valence-corrected chi connectivity index (χ2v) is 6.29. The van der Waals surface area contributed by atoms with Crippen LogP contribution in [-0.4, -0.2) is 37.0 Å². The maximum Gasteiger partial charge on any atom is 0.229 e. The smallest absolute Gasteiger partial charge is 0.229 e. The second kappa shape index (κ2) is 9.21. The first-order chi connectivity index (χ1) is 11.6. The van der Waals surface area contributed by atoms with E-state index in [-0.39, 0.29) is 17.9 Å². The molecule has 0 heterocycles. The predicted molar refractivity (Wildman–Crippen MR) is 98.6 cm³/mol. The first kappa shape index (κ1) is 18.2. The van der Waals surface area contributed by atoms with Crippen LogP contribution in [0, 0.1) is 0 Å². The lowest BCUT2D eigenvalue weighted by Crippen LogP contribution is -2.43. The van der Waals surface area contributed by atoms with Crippen LogP contribution in [0.3, 0.4) is 0 Å². The van der Waals surface area contributed by atoms with Gasteiger partial charge >= 0.3 is 0 Å². The topological polar surface area (TPSA) is 58.4 Å². The van der Waals surface area contributed by atoms with Crippen molar-refractivity contribution in [1.29, 1.82) is 0 Å². The average Bonchev–Trinajstić information content (AvgIpc) is 2.57. The van der Waals surface area contributed by atoms with Crippen LogP contribution in [0.4, 0.5) is 0 Å². The van der Waals surface area contributed by atoms with E-state index in [1.54, 1.807) is 0 Å². The molecule has 2 aromatic carbocycles. The van der Waals surface area contributed by atoms with Crippen LogP contribution in [0.1, 0.15) is 24.0 Å². The van der Waals surface area contributed by atoms with Crippen LogP contribution in [0.25, 0.3) is 0 Å². The number of nitrogens with two attached hydrogens (primary N) is 1. The van der Waals surface area contributed by atoms with Crippen LogP contribution in [0.5, 0.6) is 0 Å². The second-order valence-electron chi connectivity index (χ2n) is 6.29. The van der Waals surface area contributed by atoms with Crippen LogP contribution >= 0.6 is 0 Å². The minimum Gasteiger partial charge on any atom is -0.352 e. The minimum atomic E-state index is -0.298. The van der Waals surface area contributed by atoms with Crippen molar-refractivity contribution in [2.45, 2.75) is 25.4 Å². The molecule has 0 aliphatic carbocycles. The number of likely N-dealkylation sites (N-methyl/N-ethyl adjacent to an activating group) is 1. The quantitative estimate of drug-likeness (QED) is 0.783. The van der Waals surface area contributed by atoms with E-state index in [1.807, 2.05) is 55.5 Å². The van der Waals surface area contributed by atoms with Gasteiger partial charge in [-0.1, -0.05) is 60.7 Å². The van der Waals surface area contributed by atoms with Crippen LogP contribution in [-0.2, 0) is 11.3 Å². The van der Waals surface area contributed by atoms with Gasteiger partial charge in [0.25, 0.3) is 0 Å². The van der Waals surface area contributed by atoms with Gasteiger partial charge in [-0.25, -0.2) is 0 Å². The number of nitrogens with zero attached hydrogens (tertiary/aromatic N) is 1. The fraction of sp³-hybridized carbons (Fsp3) is 0.350. The molecule has 3 N–H and O–H groups in total. The van der Waals surface area contributed by atoms with Gasteiger partial charge in [0.15, 0.2) is 0 Å². The highest BCUT2D eigenvalue weighted by molar-refractivity contribution is 5.84. The van der Waals surface area contributed by atoms with Gasteiger partial charge < -0.3 is 16.0 Å². The third kappa shape index (κ3) is 5.48. The zero-order valence-electron chi connectivity index (χ0n) is 14.5. The number of hydrogen-bond acceptors (Lipinski definition) is 3. The molecule has 0 spiro atoms. The van der Waals surface area contributed by atoms with Crippen LogP contribution in [0.15, 0.2) is 60.7 Å². The summed E-state index contributed by atoms with van der Waals surface area (Å²) in [6.07, 6.45) is 0. The van der Waals surface area contributed by atoms with Gasteiger partial charge in [-0.15, -0.1) is 0 Å². The summed E-state index contributed by atoms with van der Waals surface area (Å²) in [6.45, 7) is 3.98. The lowest BCUT2D eigenvalue weighted by atomic mass is 9.98. The van der Waals surface area contributed by atoms with E-state index >= 15 is 0 Å². The summed E-state index contributed by atoms with van der Waals surface area (Å²) in [5.41, 5.74) is 8.04. The molecule has 0 fully saturated rings. The van der Waals surface area contributed by atoms with E-state index < -0.39 is 0 Å². The van der Waals surface area contributed by atoms with Gasteiger partial charge in [0.05, 0.1) is 5.92 Å². The third-order valence-corrected chi connectivity index (χ3v) is 4.02. The van der Waals surface area contributed by atoms with Crippen molar-refractivity contribution in [3.63, 3.8) is 0 Å². The Morgan fingerprint density at radius 2 is 1.67 bits per heavy atom. The van der Waals surface area contributed by atoms with E-state index in [9.17, 15) is 4.79 Å². The summed E-state index contributed by atoms with van der Waals surface area (Å²) >= 11 is 0. The number of carbonyl (C=O) groups is 1. The fourth-order valence-electron chi connectivity index (χ4n) is 2.90. The van der Waals surface area contributed by atoms with Gasteiger partial charge in [0.2, 0.25) is 5.91 Å². The Bertz CT molecular complexity index is 615. The van der Waals surface area contributed by atoms with E-state index in [0.29, 0.717) is 6.54 Å². The summed E-state index contributed by atoms with van der Waals surface area (Å²) in [5.74, 6) is -0.308. The molecule has 128 valence electrons. The Kier molecular flexibility index (Phi) is 6.97. The first-order valence-corrected chi connectivity index (χ1v) is 8.38. The number of hydrogen-bond donors (Lipinski definition) is 2. The summed E-state index contributed by atoms with van der Waals surface area (Å²) in [5, 5.41) is 3.09. The van der Waals surface area contributed by atoms with Gasteiger partial charge in [0, 0.05) is 25.7 Å². The Balaban J connectivity index is 1.86. The number of amides is 1. The van der Waals surface area contributed by atoms with Crippen molar-refractivity contribution < 1.29 is 4.79 Å². The van der Waals surface area contributed by atoms with Crippen molar-refractivity contribution in [3.8, 4) is 0 Å². The minimum absolute atomic E-state index is 0.00990. The summed E-state index contributed by atoms with van der Waals surface area (Å²) in [6, 6.07) is 20.1. The summed E-state index contributed by atoms with van der Waals surface area (Å²) in [7, 11) is 2.06. The van der Waals surface area contributed by atoms with Crippen LogP contribution < -0.4 is 11.1 Å². The molecular formula is C20H27N3O. The Hall–Kier alpha value is -2.17. The van der Waals surface area contributed by atoms with Gasteiger partial charge in [-0.2, -0.15) is 0 Å². The van der Waals surface area contributed by atoms with Gasteiger partial charge in [0.1, 0.15) is 0 Å².